The van der Waals surface area contributed by atoms with Crippen molar-refractivity contribution in [2.24, 2.45) is 0 Å². The fourth-order valence-corrected chi connectivity index (χ4v) is 4.98. The monoisotopic (exact) mass is 481 g/mol. The molecule has 0 radical (unpaired) electrons. The van der Waals surface area contributed by atoms with E-state index >= 15 is 0 Å². The molecule has 0 unspecified atom stereocenters. The summed E-state index contributed by atoms with van der Waals surface area (Å²) >= 11 is 1.37. The van der Waals surface area contributed by atoms with E-state index < -0.39 is 0 Å². The van der Waals surface area contributed by atoms with E-state index in [4.69, 9.17) is 9.15 Å². The van der Waals surface area contributed by atoms with Gasteiger partial charge in [-0.1, -0.05) is 11.8 Å². The molecule has 3 aromatic heterocycles. The molecule has 1 aliphatic carbocycles. The van der Waals surface area contributed by atoms with Crippen molar-refractivity contribution < 1.29 is 13.9 Å². The number of hydrogen-bond acceptors (Lipinski definition) is 8. The first-order valence-electron chi connectivity index (χ1n) is 11.4. The Balaban J connectivity index is 1.32. The maximum atomic E-state index is 13.0. The van der Waals surface area contributed by atoms with E-state index in [1.807, 2.05) is 30.5 Å². The standard InChI is InChI=1S/C23H27N7O3S/c1-15-16(2)29(13-18-4-3-9-33-18)21(19(15)12-24)25-20(31)14-34-23-27-26-22(30(23)17-5-6-17)28-7-10-32-11-8-28/h3-4,9,17H,5-8,10-11,13-14H2,1-2H3,(H,25,31). The lowest BCUT2D eigenvalue weighted by molar-refractivity contribution is -0.113. The van der Waals surface area contributed by atoms with E-state index in [-0.39, 0.29) is 11.7 Å². The second-order valence-electron chi connectivity index (χ2n) is 8.53. The second-order valence-corrected chi connectivity index (χ2v) is 9.47. The van der Waals surface area contributed by atoms with Crippen LogP contribution in [0.2, 0.25) is 0 Å². The molecule has 1 saturated heterocycles. The average Bonchev–Trinajstić information content (AvgIpc) is 3.30. The van der Waals surface area contributed by atoms with Gasteiger partial charge in [0, 0.05) is 24.8 Å². The van der Waals surface area contributed by atoms with Gasteiger partial charge in [0.25, 0.3) is 0 Å². The van der Waals surface area contributed by atoms with Gasteiger partial charge in [0.15, 0.2) is 5.16 Å². The Morgan fingerprint density at radius 2 is 2.09 bits per heavy atom. The highest BCUT2D eigenvalue weighted by Crippen LogP contribution is 2.41. The quantitative estimate of drug-likeness (QED) is 0.488. The van der Waals surface area contributed by atoms with E-state index in [0.29, 0.717) is 37.2 Å². The molecular weight excluding hydrogens is 454 g/mol. The molecule has 2 aliphatic rings. The Labute approximate surface area is 201 Å². The maximum absolute atomic E-state index is 13.0. The van der Waals surface area contributed by atoms with Crippen molar-refractivity contribution in [3.05, 3.63) is 41.0 Å². The molecule has 2 fully saturated rings. The molecule has 0 spiro atoms. The number of rotatable bonds is 8. The van der Waals surface area contributed by atoms with Crippen LogP contribution in [0, 0.1) is 25.2 Å². The number of nitrogens with zero attached hydrogens (tertiary/aromatic N) is 6. The fraction of sp³-hybridized carbons (Fsp3) is 0.478. The number of nitriles is 1. The van der Waals surface area contributed by atoms with Crippen LogP contribution >= 0.6 is 11.8 Å². The molecule has 0 atom stereocenters. The minimum atomic E-state index is -0.196. The smallest absolute Gasteiger partial charge is 0.235 e. The van der Waals surface area contributed by atoms with Gasteiger partial charge < -0.3 is 23.9 Å². The summed E-state index contributed by atoms with van der Waals surface area (Å²) in [6.45, 7) is 7.21. The zero-order valence-corrected chi connectivity index (χ0v) is 20.1. The summed E-state index contributed by atoms with van der Waals surface area (Å²) in [5, 5.41) is 22.3. The summed E-state index contributed by atoms with van der Waals surface area (Å²) in [7, 11) is 0. The molecule has 34 heavy (non-hydrogen) atoms. The van der Waals surface area contributed by atoms with Crippen molar-refractivity contribution in [1.29, 1.82) is 5.26 Å². The number of furan rings is 1. The summed E-state index contributed by atoms with van der Waals surface area (Å²) < 4.78 is 15.0. The van der Waals surface area contributed by atoms with Crippen LogP contribution in [0.3, 0.4) is 0 Å². The Hall–Kier alpha value is -3.23. The first-order valence-corrected chi connectivity index (χ1v) is 12.4. The van der Waals surface area contributed by atoms with Crippen LogP contribution in [-0.2, 0) is 16.1 Å². The molecule has 178 valence electrons. The largest absolute Gasteiger partial charge is 0.467 e. The average molecular weight is 482 g/mol. The lowest BCUT2D eigenvalue weighted by Crippen LogP contribution is -2.38. The van der Waals surface area contributed by atoms with E-state index in [1.54, 1.807) is 6.26 Å². The van der Waals surface area contributed by atoms with Gasteiger partial charge in [-0.2, -0.15) is 5.26 Å². The Bertz CT molecular complexity index is 1210. The van der Waals surface area contributed by atoms with Crippen molar-refractivity contribution >= 4 is 29.4 Å². The van der Waals surface area contributed by atoms with Gasteiger partial charge in [0.1, 0.15) is 17.6 Å². The highest BCUT2D eigenvalue weighted by molar-refractivity contribution is 7.99. The lowest BCUT2D eigenvalue weighted by Gasteiger charge is -2.27. The number of carbonyl (C=O) groups is 1. The minimum Gasteiger partial charge on any atom is -0.467 e. The number of amides is 1. The van der Waals surface area contributed by atoms with Crippen LogP contribution in [0.4, 0.5) is 11.8 Å². The van der Waals surface area contributed by atoms with Crippen LogP contribution < -0.4 is 10.2 Å². The Kier molecular flexibility index (Phi) is 6.34. The SMILES string of the molecule is Cc1c(C#N)c(NC(=O)CSc2nnc(N3CCOCC3)n2C2CC2)n(Cc2ccco2)c1C. The Morgan fingerprint density at radius 1 is 1.29 bits per heavy atom. The van der Waals surface area contributed by atoms with Crippen molar-refractivity contribution in [3.63, 3.8) is 0 Å². The number of thioether (sulfide) groups is 1. The number of aromatic nitrogens is 4. The molecule has 1 amide bonds. The third-order valence-corrected chi connectivity index (χ3v) is 7.22. The molecule has 1 saturated carbocycles. The topological polar surface area (TPSA) is 114 Å². The summed E-state index contributed by atoms with van der Waals surface area (Å²) in [4.78, 5) is 15.2. The minimum absolute atomic E-state index is 0.170. The maximum Gasteiger partial charge on any atom is 0.235 e. The van der Waals surface area contributed by atoms with Crippen LogP contribution in [0.15, 0.2) is 28.0 Å². The lowest BCUT2D eigenvalue weighted by atomic mass is 10.2. The summed E-state index contributed by atoms with van der Waals surface area (Å²) in [6, 6.07) is 6.32. The number of hydrogen-bond donors (Lipinski definition) is 1. The third kappa shape index (κ3) is 4.43. The number of morpholine rings is 1. The van der Waals surface area contributed by atoms with E-state index in [1.165, 1.54) is 11.8 Å². The molecule has 10 nitrogen and oxygen atoms in total. The first kappa shape index (κ1) is 22.6. The zero-order chi connectivity index (χ0) is 23.7. The van der Waals surface area contributed by atoms with Crippen LogP contribution in [0.5, 0.6) is 0 Å². The predicted molar refractivity (Wildman–Crippen MR) is 127 cm³/mol. The highest BCUT2D eigenvalue weighted by Gasteiger charge is 2.32. The predicted octanol–water partition coefficient (Wildman–Crippen LogP) is 3.11. The molecule has 4 heterocycles. The van der Waals surface area contributed by atoms with Crippen LogP contribution in [0.1, 0.15) is 41.5 Å². The number of carbonyl (C=O) groups excluding carboxylic acids is 1. The normalized spacial score (nSPS) is 16.0. The Morgan fingerprint density at radius 3 is 2.76 bits per heavy atom. The molecule has 1 N–H and O–H groups in total. The van der Waals surface area contributed by atoms with Crippen molar-refractivity contribution in [2.45, 2.75) is 44.4 Å². The number of ether oxygens (including phenoxy) is 1. The number of nitrogens with one attached hydrogen (secondary N) is 1. The molecular formula is C23H27N7O3S. The molecule has 1 aliphatic heterocycles. The molecule has 3 aromatic rings. The van der Waals surface area contributed by atoms with Gasteiger partial charge in [-0.05, 0) is 44.4 Å². The van der Waals surface area contributed by atoms with Gasteiger partial charge in [-0.25, -0.2) is 0 Å². The van der Waals surface area contributed by atoms with Gasteiger partial charge in [0.2, 0.25) is 11.9 Å². The summed E-state index contributed by atoms with van der Waals surface area (Å²) in [5.74, 6) is 2.08. The summed E-state index contributed by atoms with van der Waals surface area (Å²) in [6.07, 6.45) is 3.81. The van der Waals surface area contributed by atoms with Crippen LogP contribution in [0.25, 0.3) is 0 Å². The highest BCUT2D eigenvalue weighted by atomic mass is 32.2. The van der Waals surface area contributed by atoms with Gasteiger partial charge in [-0.15, -0.1) is 10.2 Å². The molecule has 11 heteroatoms. The fourth-order valence-electron chi connectivity index (χ4n) is 4.18. The summed E-state index contributed by atoms with van der Waals surface area (Å²) in [5.41, 5.74) is 2.23. The van der Waals surface area contributed by atoms with Crippen molar-refractivity contribution in [2.75, 3.05) is 42.3 Å². The van der Waals surface area contributed by atoms with E-state index in [2.05, 4.69) is 31.1 Å². The van der Waals surface area contributed by atoms with E-state index in [0.717, 1.165) is 54.1 Å². The third-order valence-electron chi connectivity index (χ3n) is 6.28. The van der Waals surface area contributed by atoms with Crippen molar-refractivity contribution in [3.8, 4) is 6.07 Å². The number of anilines is 2. The molecule has 5 rings (SSSR count). The van der Waals surface area contributed by atoms with E-state index in [9.17, 15) is 10.1 Å². The van der Waals surface area contributed by atoms with Crippen molar-refractivity contribution in [1.82, 2.24) is 19.3 Å². The molecule has 0 aromatic carbocycles. The van der Waals surface area contributed by atoms with Gasteiger partial charge in [0.05, 0.1) is 37.3 Å². The first-order chi connectivity index (χ1) is 16.6. The van der Waals surface area contributed by atoms with Crippen LogP contribution in [-0.4, -0.2) is 57.3 Å². The second kappa shape index (κ2) is 9.56. The zero-order valence-electron chi connectivity index (χ0n) is 19.3. The van der Waals surface area contributed by atoms with Gasteiger partial charge in [-0.3, -0.25) is 9.36 Å². The van der Waals surface area contributed by atoms with Gasteiger partial charge >= 0.3 is 0 Å². The molecule has 0 bridgehead atoms.